The van der Waals surface area contributed by atoms with E-state index in [1.54, 1.807) is 6.92 Å². The van der Waals surface area contributed by atoms with Gasteiger partial charge in [-0.2, -0.15) is 0 Å². The van der Waals surface area contributed by atoms with Crippen molar-refractivity contribution in [3.05, 3.63) is 76.3 Å². The average molecular weight is 618 g/mol. The zero-order valence-electron chi connectivity index (χ0n) is 23.3. The van der Waals surface area contributed by atoms with E-state index in [4.69, 9.17) is 9.72 Å². The molecule has 2 aromatic carbocycles. The minimum Gasteiger partial charge on any atom is -0.378 e. The number of aryl methyl sites for hydroxylation is 1. The monoisotopic (exact) mass is 616 g/mol. The van der Waals surface area contributed by atoms with E-state index in [-0.39, 0.29) is 24.3 Å². The normalized spacial score (nSPS) is 17.0. The van der Waals surface area contributed by atoms with Crippen LogP contribution in [-0.2, 0) is 33.7 Å². The molecule has 2 aromatic heterocycles. The first-order chi connectivity index (χ1) is 19.9. The highest BCUT2D eigenvalue weighted by molar-refractivity contribution is 9.10. The number of anilines is 2. The second-order valence-electron chi connectivity index (χ2n) is 10.7. The van der Waals surface area contributed by atoms with E-state index in [2.05, 4.69) is 68.4 Å². The molecule has 1 fully saturated rings. The standard InChI is InChI=1S/C31H33BrN6O3/c1-20-3-6-25-16-24(9-10-27(25)38(20)21(2)39)23-7-4-22(5-8-23)15-29(40)33-17-26-18-37-19-28(32)35-31(30(37)34-26)36-11-13-41-14-12-36/h4-5,7-10,16,18-20H,3,6,11-15,17H2,1-2H3,(H,33,40)/t20-/m0/s1. The third-order valence-corrected chi connectivity index (χ3v) is 8.20. The van der Waals surface area contributed by atoms with Gasteiger partial charge in [-0.1, -0.05) is 30.3 Å². The maximum absolute atomic E-state index is 12.8. The third-order valence-electron chi connectivity index (χ3n) is 7.82. The lowest BCUT2D eigenvalue weighted by molar-refractivity contribution is -0.120. The van der Waals surface area contributed by atoms with Gasteiger partial charge in [0.2, 0.25) is 11.8 Å². The molecule has 1 saturated heterocycles. The molecule has 0 saturated carbocycles. The van der Waals surface area contributed by atoms with E-state index < -0.39 is 0 Å². The molecule has 0 radical (unpaired) electrons. The highest BCUT2D eigenvalue weighted by Gasteiger charge is 2.26. The van der Waals surface area contributed by atoms with Crippen LogP contribution in [0.3, 0.4) is 0 Å². The number of imidazole rings is 1. The summed E-state index contributed by atoms with van der Waals surface area (Å²) < 4.78 is 8.15. The maximum atomic E-state index is 12.8. The molecule has 2 aliphatic rings. The maximum Gasteiger partial charge on any atom is 0.224 e. The Labute approximate surface area is 247 Å². The van der Waals surface area contributed by atoms with Crippen LogP contribution in [0.2, 0.25) is 0 Å². The van der Waals surface area contributed by atoms with Gasteiger partial charge in [-0.25, -0.2) is 9.97 Å². The fourth-order valence-corrected chi connectivity index (χ4v) is 6.13. The van der Waals surface area contributed by atoms with Gasteiger partial charge in [-0.15, -0.1) is 0 Å². The minimum atomic E-state index is -0.0604. The molecule has 4 aromatic rings. The Kier molecular flexibility index (Phi) is 7.77. The zero-order chi connectivity index (χ0) is 28.5. The number of amides is 2. The third kappa shape index (κ3) is 5.85. The molecule has 0 aliphatic carbocycles. The molecule has 2 aliphatic heterocycles. The largest absolute Gasteiger partial charge is 0.378 e. The number of hydrogen-bond acceptors (Lipinski definition) is 6. The number of carbonyl (C=O) groups excluding carboxylic acids is 2. The second-order valence-corrected chi connectivity index (χ2v) is 11.5. The number of carbonyl (C=O) groups is 2. The van der Waals surface area contributed by atoms with Gasteiger partial charge in [0.05, 0.1) is 31.9 Å². The molecule has 6 rings (SSSR count). The first-order valence-corrected chi connectivity index (χ1v) is 14.8. The Bertz CT molecular complexity index is 1600. The van der Waals surface area contributed by atoms with Gasteiger partial charge in [-0.3, -0.25) is 9.59 Å². The van der Waals surface area contributed by atoms with Crippen molar-refractivity contribution in [3.63, 3.8) is 0 Å². The molecule has 212 valence electrons. The summed E-state index contributed by atoms with van der Waals surface area (Å²) in [6, 6.07) is 14.6. The highest BCUT2D eigenvalue weighted by atomic mass is 79.9. The van der Waals surface area contributed by atoms with Crippen molar-refractivity contribution < 1.29 is 14.3 Å². The van der Waals surface area contributed by atoms with Gasteiger partial charge in [0.15, 0.2) is 11.5 Å². The number of aromatic nitrogens is 3. The fraction of sp³-hybridized carbons (Fsp3) is 0.355. The quantitative estimate of drug-likeness (QED) is 0.342. The smallest absolute Gasteiger partial charge is 0.224 e. The fourth-order valence-electron chi connectivity index (χ4n) is 5.74. The van der Waals surface area contributed by atoms with Gasteiger partial charge in [0, 0.05) is 44.1 Å². The van der Waals surface area contributed by atoms with E-state index in [1.165, 1.54) is 5.56 Å². The van der Waals surface area contributed by atoms with Crippen LogP contribution < -0.4 is 15.1 Å². The Morgan fingerprint density at radius 3 is 2.56 bits per heavy atom. The predicted molar refractivity (Wildman–Crippen MR) is 162 cm³/mol. The summed E-state index contributed by atoms with van der Waals surface area (Å²) in [6.07, 6.45) is 6.01. The molecular weight excluding hydrogens is 584 g/mol. The molecule has 4 heterocycles. The van der Waals surface area contributed by atoms with Crippen molar-refractivity contribution >= 4 is 44.9 Å². The summed E-state index contributed by atoms with van der Waals surface area (Å²) in [4.78, 5) is 38.5. The van der Waals surface area contributed by atoms with Crippen LogP contribution >= 0.6 is 15.9 Å². The van der Waals surface area contributed by atoms with Crippen LogP contribution in [0.4, 0.5) is 11.5 Å². The molecule has 1 atom stereocenters. The van der Waals surface area contributed by atoms with Crippen molar-refractivity contribution in [1.29, 1.82) is 0 Å². The molecular formula is C31H33BrN6O3. The minimum absolute atomic E-state index is 0.0604. The van der Waals surface area contributed by atoms with Gasteiger partial charge < -0.3 is 24.3 Å². The number of morpholine rings is 1. The molecule has 1 N–H and O–H groups in total. The van der Waals surface area contributed by atoms with Gasteiger partial charge in [-0.05, 0) is 70.1 Å². The topological polar surface area (TPSA) is 92.1 Å². The number of hydrogen-bond donors (Lipinski definition) is 1. The van der Waals surface area contributed by atoms with Crippen LogP contribution in [0.25, 0.3) is 16.8 Å². The first kappa shape index (κ1) is 27.4. The van der Waals surface area contributed by atoms with E-state index in [0.29, 0.717) is 19.8 Å². The molecule has 0 unspecified atom stereocenters. The van der Waals surface area contributed by atoms with Crippen molar-refractivity contribution in [1.82, 2.24) is 19.7 Å². The Hall–Kier alpha value is -3.76. The number of benzene rings is 2. The molecule has 9 nitrogen and oxygen atoms in total. The summed E-state index contributed by atoms with van der Waals surface area (Å²) in [5, 5.41) is 3.01. The van der Waals surface area contributed by atoms with Crippen molar-refractivity contribution in [2.24, 2.45) is 0 Å². The summed E-state index contributed by atoms with van der Waals surface area (Å²) in [5.74, 6) is 0.831. The molecule has 41 heavy (non-hydrogen) atoms. The molecule has 0 spiro atoms. The SMILES string of the molecule is CC(=O)N1c2ccc(-c3ccc(CC(=O)NCc4cn5cc(Br)nc(N6CCOCC6)c5n4)cc3)cc2CC[C@@H]1C. The van der Waals surface area contributed by atoms with Gasteiger partial charge in [0.25, 0.3) is 0 Å². The lowest BCUT2D eigenvalue weighted by Crippen LogP contribution is -2.40. The van der Waals surface area contributed by atoms with Crippen LogP contribution in [0.5, 0.6) is 0 Å². The Morgan fingerprint density at radius 1 is 1.05 bits per heavy atom. The van der Waals surface area contributed by atoms with E-state index in [0.717, 1.165) is 70.1 Å². The van der Waals surface area contributed by atoms with Crippen molar-refractivity contribution in [2.45, 2.75) is 45.7 Å². The Balaban J connectivity index is 1.09. The number of fused-ring (bicyclic) bond motifs is 2. The van der Waals surface area contributed by atoms with Crippen LogP contribution in [-0.4, -0.2) is 58.5 Å². The first-order valence-electron chi connectivity index (χ1n) is 14.0. The lowest BCUT2D eigenvalue weighted by Gasteiger charge is -2.34. The summed E-state index contributed by atoms with van der Waals surface area (Å²) in [6.45, 7) is 6.93. The summed E-state index contributed by atoms with van der Waals surface area (Å²) in [7, 11) is 0. The van der Waals surface area contributed by atoms with E-state index in [9.17, 15) is 9.59 Å². The van der Waals surface area contributed by atoms with Crippen LogP contribution in [0.15, 0.2) is 59.5 Å². The van der Waals surface area contributed by atoms with Crippen LogP contribution in [0.1, 0.15) is 37.1 Å². The van der Waals surface area contributed by atoms with E-state index in [1.807, 2.05) is 33.8 Å². The average Bonchev–Trinajstić information content (AvgIpc) is 3.39. The number of rotatable bonds is 6. The number of halogens is 1. The Morgan fingerprint density at radius 2 is 1.80 bits per heavy atom. The summed E-state index contributed by atoms with van der Waals surface area (Å²) in [5.41, 5.74) is 6.90. The van der Waals surface area contributed by atoms with Crippen LogP contribution in [0, 0.1) is 0 Å². The van der Waals surface area contributed by atoms with Gasteiger partial charge >= 0.3 is 0 Å². The second kappa shape index (κ2) is 11.6. The zero-order valence-corrected chi connectivity index (χ0v) is 24.9. The van der Waals surface area contributed by atoms with E-state index >= 15 is 0 Å². The molecule has 0 bridgehead atoms. The number of nitrogens with zero attached hydrogens (tertiary/aromatic N) is 5. The number of ether oxygens (including phenoxy) is 1. The van der Waals surface area contributed by atoms with Gasteiger partial charge in [0.1, 0.15) is 4.60 Å². The summed E-state index contributed by atoms with van der Waals surface area (Å²) >= 11 is 3.50. The highest BCUT2D eigenvalue weighted by Crippen LogP contribution is 2.34. The molecule has 10 heteroatoms. The lowest BCUT2D eigenvalue weighted by atomic mass is 9.92. The number of nitrogens with one attached hydrogen (secondary N) is 1. The predicted octanol–water partition coefficient (Wildman–Crippen LogP) is 4.54. The molecule has 2 amide bonds. The van der Waals surface area contributed by atoms with Crippen molar-refractivity contribution in [3.8, 4) is 11.1 Å². The van der Waals surface area contributed by atoms with Crippen molar-refractivity contribution in [2.75, 3.05) is 36.1 Å².